The average Bonchev–Trinajstić information content (AvgIpc) is 3.48. The Labute approximate surface area is 229 Å². The molecule has 1 aliphatic heterocycles. The first-order valence-corrected chi connectivity index (χ1v) is 12.4. The lowest BCUT2D eigenvalue weighted by Gasteiger charge is -2.17. The lowest BCUT2D eigenvalue weighted by atomic mass is 9.99. The van der Waals surface area contributed by atoms with Crippen LogP contribution in [0.3, 0.4) is 0 Å². The maximum absolute atomic E-state index is 13.1. The summed E-state index contributed by atoms with van der Waals surface area (Å²) in [5.74, 6) is -0.655. The fraction of sp³-hybridized carbons (Fsp3) is 0.207. The largest absolute Gasteiger partial charge is 0.496 e. The lowest BCUT2D eigenvalue weighted by Crippen LogP contribution is -2.32. The van der Waals surface area contributed by atoms with Crippen LogP contribution in [-0.2, 0) is 14.3 Å². The van der Waals surface area contributed by atoms with Crippen LogP contribution in [0.1, 0.15) is 16.8 Å². The van der Waals surface area contributed by atoms with E-state index in [4.69, 9.17) is 9.47 Å². The first kappa shape index (κ1) is 26.4. The molecule has 1 saturated heterocycles. The number of anilines is 1. The van der Waals surface area contributed by atoms with Gasteiger partial charge in [0.05, 0.1) is 24.8 Å². The molecular formula is C29H27N5O6. The molecule has 1 aliphatic rings. The molecule has 40 heavy (non-hydrogen) atoms. The predicted molar refractivity (Wildman–Crippen MR) is 148 cm³/mol. The molecule has 204 valence electrons. The standard InChI is InChI=1S/C29H27N5O6/c1-33(2)27(36)20-11-16(9-10-22(20)32-29(38)40-24-13-25(35)34(3)28(24)37)17-12-19-21(15-31-26(19)30-14-17)18-7-5-6-8-23(18)39-4/h5-12,14-15,24H,13H2,1-4H3,(H,30,31)(H,32,38). The summed E-state index contributed by atoms with van der Waals surface area (Å²) >= 11 is 0. The summed E-state index contributed by atoms with van der Waals surface area (Å²) in [6.07, 6.45) is 1.20. The van der Waals surface area contributed by atoms with Gasteiger partial charge in [-0.3, -0.25) is 24.6 Å². The van der Waals surface area contributed by atoms with E-state index in [9.17, 15) is 19.2 Å². The number of ether oxygens (including phenoxy) is 2. The van der Waals surface area contributed by atoms with Gasteiger partial charge < -0.3 is 19.4 Å². The molecule has 0 saturated carbocycles. The van der Waals surface area contributed by atoms with E-state index in [2.05, 4.69) is 15.3 Å². The van der Waals surface area contributed by atoms with E-state index >= 15 is 0 Å². The summed E-state index contributed by atoms with van der Waals surface area (Å²) in [4.78, 5) is 59.6. The van der Waals surface area contributed by atoms with E-state index in [0.717, 1.165) is 32.7 Å². The van der Waals surface area contributed by atoms with Crippen molar-refractivity contribution in [1.29, 1.82) is 0 Å². The van der Waals surface area contributed by atoms with E-state index in [0.29, 0.717) is 11.2 Å². The molecule has 0 spiro atoms. The zero-order valence-corrected chi connectivity index (χ0v) is 22.3. The fourth-order valence-electron chi connectivity index (χ4n) is 4.58. The number of fused-ring (bicyclic) bond motifs is 1. The molecule has 2 aromatic carbocycles. The summed E-state index contributed by atoms with van der Waals surface area (Å²) in [6.45, 7) is 0. The number of benzene rings is 2. The number of carbonyl (C=O) groups is 4. The van der Waals surface area contributed by atoms with Crippen molar-refractivity contribution in [3.8, 4) is 28.0 Å². The second kappa shape index (κ2) is 10.5. The molecule has 4 amide bonds. The van der Waals surface area contributed by atoms with Gasteiger partial charge in [-0.1, -0.05) is 24.3 Å². The Balaban J connectivity index is 1.48. The Bertz CT molecular complexity index is 1660. The van der Waals surface area contributed by atoms with Crippen LogP contribution in [0.25, 0.3) is 33.3 Å². The first-order chi connectivity index (χ1) is 19.2. The first-order valence-electron chi connectivity index (χ1n) is 12.4. The number of likely N-dealkylation sites (N-methyl/N-ethyl adjacent to an activating group) is 1. The number of hydrogen-bond acceptors (Lipinski definition) is 7. The quantitative estimate of drug-likeness (QED) is 0.354. The lowest BCUT2D eigenvalue weighted by molar-refractivity contribution is -0.139. The van der Waals surface area contributed by atoms with Crippen LogP contribution >= 0.6 is 0 Å². The molecule has 11 heteroatoms. The van der Waals surface area contributed by atoms with Crippen LogP contribution in [0, 0.1) is 0 Å². The number of nitrogens with zero attached hydrogens (tertiary/aromatic N) is 3. The number of likely N-dealkylation sites (tertiary alicyclic amines) is 1. The molecule has 1 unspecified atom stereocenters. The van der Waals surface area contributed by atoms with Crippen LogP contribution in [0.5, 0.6) is 5.75 Å². The van der Waals surface area contributed by atoms with Gasteiger partial charge in [-0.2, -0.15) is 0 Å². The molecule has 4 aromatic rings. The second-order valence-electron chi connectivity index (χ2n) is 9.50. The number of imide groups is 1. The maximum atomic E-state index is 13.1. The highest BCUT2D eigenvalue weighted by Crippen LogP contribution is 2.36. The number of aromatic nitrogens is 2. The van der Waals surface area contributed by atoms with E-state index in [1.807, 2.05) is 36.5 Å². The van der Waals surface area contributed by atoms with Crippen molar-refractivity contribution < 1.29 is 28.7 Å². The molecule has 1 atom stereocenters. The van der Waals surface area contributed by atoms with Gasteiger partial charge in [-0.15, -0.1) is 0 Å². The van der Waals surface area contributed by atoms with Gasteiger partial charge in [-0.25, -0.2) is 9.78 Å². The van der Waals surface area contributed by atoms with E-state index in [-0.39, 0.29) is 23.6 Å². The van der Waals surface area contributed by atoms with Crippen LogP contribution in [-0.4, -0.2) is 77.9 Å². The summed E-state index contributed by atoms with van der Waals surface area (Å²) in [6, 6.07) is 14.7. The molecule has 1 fully saturated rings. The number of nitrogens with one attached hydrogen (secondary N) is 2. The molecule has 2 N–H and O–H groups in total. The minimum Gasteiger partial charge on any atom is -0.496 e. The number of H-pyrrole nitrogens is 1. The fourth-order valence-corrected chi connectivity index (χ4v) is 4.58. The summed E-state index contributed by atoms with van der Waals surface area (Å²) in [5, 5.41) is 3.42. The topological polar surface area (TPSA) is 134 Å². The van der Waals surface area contributed by atoms with Crippen molar-refractivity contribution in [3.63, 3.8) is 0 Å². The van der Waals surface area contributed by atoms with Crippen LogP contribution in [0.2, 0.25) is 0 Å². The zero-order chi connectivity index (χ0) is 28.6. The Kier molecular flexibility index (Phi) is 6.95. The van der Waals surface area contributed by atoms with Crippen molar-refractivity contribution in [1.82, 2.24) is 19.8 Å². The molecule has 3 heterocycles. The predicted octanol–water partition coefficient (Wildman–Crippen LogP) is 3.91. The van der Waals surface area contributed by atoms with Crippen LogP contribution in [0.15, 0.2) is 60.9 Å². The van der Waals surface area contributed by atoms with Crippen molar-refractivity contribution in [2.24, 2.45) is 0 Å². The third-order valence-electron chi connectivity index (χ3n) is 6.74. The Morgan fingerprint density at radius 1 is 1.07 bits per heavy atom. The van der Waals surface area contributed by atoms with E-state index < -0.39 is 24.0 Å². The van der Waals surface area contributed by atoms with Gasteiger partial charge in [0, 0.05) is 55.6 Å². The van der Waals surface area contributed by atoms with Gasteiger partial charge in [0.25, 0.3) is 11.8 Å². The molecule has 5 rings (SSSR count). The summed E-state index contributed by atoms with van der Waals surface area (Å²) in [5.41, 5.74) is 4.38. The summed E-state index contributed by atoms with van der Waals surface area (Å²) in [7, 11) is 6.15. The SMILES string of the molecule is COc1ccccc1-c1c[nH]c2ncc(-c3ccc(NC(=O)OC4CC(=O)N(C)C4=O)c(C(=O)N(C)C)c3)cc12. The van der Waals surface area contributed by atoms with Gasteiger partial charge in [-0.05, 0) is 29.8 Å². The highest BCUT2D eigenvalue weighted by molar-refractivity contribution is 6.07. The Hall–Kier alpha value is -5.19. The molecule has 0 radical (unpaired) electrons. The highest BCUT2D eigenvalue weighted by atomic mass is 16.6. The van der Waals surface area contributed by atoms with Crippen molar-refractivity contribution in [2.75, 3.05) is 33.6 Å². The van der Waals surface area contributed by atoms with Crippen molar-refractivity contribution in [3.05, 3.63) is 66.5 Å². The molecule has 0 aliphatic carbocycles. The number of methoxy groups -OCH3 is 1. The third kappa shape index (κ3) is 4.84. The number of carbonyl (C=O) groups excluding carboxylic acids is 4. The van der Waals surface area contributed by atoms with Gasteiger partial charge >= 0.3 is 6.09 Å². The minimum atomic E-state index is -1.21. The number of amides is 4. The number of para-hydroxylation sites is 1. The minimum absolute atomic E-state index is 0.197. The summed E-state index contributed by atoms with van der Waals surface area (Å²) < 4.78 is 10.7. The van der Waals surface area contributed by atoms with Gasteiger partial charge in [0.15, 0.2) is 6.10 Å². The molecule has 11 nitrogen and oxygen atoms in total. The number of pyridine rings is 1. The normalized spacial score (nSPS) is 14.9. The Morgan fingerprint density at radius 3 is 2.55 bits per heavy atom. The van der Waals surface area contributed by atoms with Crippen LogP contribution < -0.4 is 10.1 Å². The van der Waals surface area contributed by atoms with Crippen LogP contribution in [0.4, 0.5) is 10.5 Å². The van der Waals surface area contributed by atoms with Gasteiger partial charge in [0.2, 0.25) is 5.91 Å². The maximum Gasteiger partial charge on any atom is 0.412 e. The van der Waals surface area contributed by atoms with E-state index in [1.54, 1.807) is 45.6 Å². The van der Waals surface area contributed by atoms with Gasteiger partial charge in [0.1, 0.15) is 11.4 Å². The second-order valence-corrected chi connectivity index (χ2v) is 9.50. The third-order valence-corrected chi connectivity index (χ3v) is 6.74. The monoisotopic (exact) mass is 541 g/mol. The smallest absolute Gasteiger partial charge is 0.412 e. The molecular weight excluding hydrogens is 514 g/mol. The van der Waals surface area contributed by atoms with E-state index in [1.165, 1.54) is 11.9 Å². The van der Waals surface area contributed by atoms with Crippen molar-refractivity contribution >= 4 is 40.5 Å². The number of hydrogen-bond donors (Lipinski definition) is 2. The van der Waals surface area contributed by atoms with Crippen molar-refractivity contribution in [2.45, 2.75) is 12.5 Å². The molecule has 0 bridgehead atoms. The average molecular weight is 542 g/mol. The number of aromatic amines is 1. The Morgan fingerprint density at radius 2 is 1.85 bits per heavy atom. The zero-order valence-electron chi connectivity index (χ0n) is 22.3. The highest BCUT2D eigenvalue weighted by Gasteiger charge is 2.39. The molecule has 2 aromatic heterocycles. The number of rotatable bonds is 6.